The van der Waals surface area contributed by atoms with Crippen molar-refractivity contribution < 1.29 is 14.3 Å². The molecule has 0 aromatic carbocycles. The van der Waals surface area contributed by atoms with Crippen molar-refractivity contribution in [1.29, 1.82) is 0 Å². The predicted molar refractivity (Wildman–Crippen MR) is 81.7 cm³/mol. The van der Waals surface area contributed by atoms with Crippen LogP contribution in [0.5, 0.6) is 0 Å². The lowest BCUT2D eigenvalue weighted by atomic mass is 9.90. The summed E-state index contributed by atoms with van der Waals surface area (Å²) < 4.78 is 12.7. The number of aryl methyl sites for hydroxylation is 1. The third kappa shape index (κ3) is 2.77. The molecular weight excluding hydrogens is 282 g/mol. The number of morpholine rings is 1. The fourth-order valence-electron chi connectivity index (χ4n) is 3.76. The van der Waals surface area contributed by atoms with E-state index in [1.54, 1.807) is 0 Å². The van der Waals surface area contributed by atoms with Gasteiger partial charge in [0.2, 0.25) is 0 Å². The summed E-state index contributed by atoms with van der Waals surface area (Å²) in [4.78, 5) is 14.3. The third-order valence-corrected chi connectivity index (χ3v) is 4.93. The summed E-state index contributed by atoms with van der Waals surface area (Å²) in [6.45, 7) is 6.22. The van der Waals surface area contributed by atoms with E-state index < -0.39 is 0 Å². The minimum atomic E-state index is -0.307. The Kier molecular flexibility index (Phi) is 4.49. The van der Waals surface area contributed by atoms with Crippen LogP contribution in [-0.4, -0.2) is 53.1 Å². The molecule has 1 saturated carbocycles. The van der Waals surface area contributed by atoms with Gasteiger partial charge in [0.05, 0.1) is 37.9 Å². The summed E-state index contributed by atoms with van der Waals surface area (Å²) in [5.74, 6) is -0.307. The number of fused-ring (bicyclic) bond motifs is 1. The Morgan fingerprint density at radius 2 is 2.14 bits per heavy atom. The van der Waals surface area contributed by atoms with Crippen molar-refractivity contribution in [3.05, 3.63) is 17.0 Å². The maximum atomic E-state index is 11.9. The first-order chi connectivity index (χ1) is 10.6. The molecule has 0 N–H and O–H groups in total. The largest absolute Gasteiger partial charge is 0.465 e. The highest BCUT2D eigenvalue weighted by Crippen LogP contribution is 2.29. The van der Waals surface area contributed by atoms with Crippen LogP contribution in [0.4, 0.5) is 0 Å². The summed E-state index contributed by atoms with van der Waals surface area (Å²) in [6, 6.07) is 0.480. The Labute approximate surface area is 131 Å². The smallest absolute Gasteiger partial charge is 0.341 e. The number of carbonyl (C=O) groups excluding carboxylic acids is 1. The lowest BCUT2D eigenvalue weighted by molar-refractivity contribution is -0.0994. The molecule has 1 aliphatic carbocycles. The molecule has 0 unspecified atom stereocenters. The van der Waals surface area contributed by atoms with Crippen molar-refractivity contribution in [2.75, 3.05) is 20.3 Å². The summed E-state index contributed by atoms with van der Waals surface area (Å²) in [7, 11) is 1.41. The van der Waals surface area contributed by atoms with Crippen LogP contribution < -0.4 is 0 Å². The molecule has 2 fully saturated rings. The van der Waals surface area contributed by atoms with Crippen LogP contribution in [0, 0.1) is 13.8 Å². The first-order valence-corrected chi connectivity index (χ1v) is 8.09. The van der Waals surface area contributed by atoms with Gasteiger partial charge in [0.25, 0.3) is 0 Å². The van der Waals surface area contributed by atoms with Crippen LogP contribution in [0.2, 0.25) is 0 Å². The van der Waals surface area contributed by atoms with Crippen molar-refractivity contribution in [2.45, 2.75) is 58.3 Å². The highest BCUT2D eigenvalue weighted by atomic mass is 16.5. The van der Waals surface area contributed by atoms with Crippen molar-refractivity contribution in [1.82, 2.24) is 14.7 Å². The number of methoxy groups -OCH3 is 1. The van der Waals surface area contributed by atoms with Gasteiger partial charge in [0, 0.05) is 12.6 Å². The minimum Gasteiger partial charge on any atom is -0.465 e. The highest BCUT2D eigenvalue weighted by Gasteiger charge is 2.34. The van der Waals surface area contributed by atoms with E-state index in [0.29, 0.717) is 24.4 Å². The molecule has 1 aromatic rings. The predicted octanol–water partition coefficient (Wildman–Crippen LogP) is 1.89. The minimum absolute atomic E-state index is 0.307. The van der Waals surface area contributed by atoms with Crippen LogP contribution in [-0.2, 0) is 16.1 Å². The van der Waals surface area contributed by atoms with E-state index in [-0.39, 0.29) is 5.97 Å². The fraction of sp³-hybridized carbons (Fsp3) is 0.750. The second-order valence-corrected chi connectivity index (χ2v) is 6.25. The van der Waals surface area contributed by atoms with E-state index >= 15 is 0 Å². The Hall–Kier alpha value is -1.40. The summed E-state index contributed by atoms with van der Waals surface area (Å²) in [6.07, 6.45) is 5.24. The van der Waals surface area contributed by atoms with Gasteiger partial charge < -0.3 is 9.47 Å². The number of carbonyl (C=O) groups is 1. The number of aromatic nitrogens is 2. The van der Waals surface area contributed by atoms with E-state index in [9.17, 15) is 4.79 Å². The van der Waals surface area contributed by atoms with Gasteiger partial charge >= 0.3 is 5.97 Å². The molecule has 1 aromatic heterocycles. The van der Waals surface area contributed by atoms with Crippen LogP contribution in [0.3, 0.4) is 0 Å². The number of nitrogens with zero attached hydrogens (tertiary/aromatic N) is 3. The van der Waals surface area contributed by atoms with Crippen LogP contribution >= 0.6 is 0 Å². The zero-order valence-electron chi connectivity index (χ0n) is 13.7. The molecule has 1 saturated heterocycles. The summed E-state index contributed by atoms with van der Waals surface area (Å²) in [5, 5.41) is 4.54. The van der Waals surface area contributed by atoms with Gasteiger partial charge in [0.15, 0.2) is 0 Å². The van der Waals surface area contributed by atoms with Crippen LogP contribution in [0.15, 0.2) is 0 Å². The summed E-state index contributed by atoms with van der Waals surface area (Å²) in [5.41, 5.74) is 2.21. The van der Waals surface area contributed by atoms with Gasteiger partial charge in [-0.1, -0.05) is 12.8 Å². The Bertz CT molecular complexity index is 553. The fourth-order valence-corrected chi connectivity index (χ4v) is 3.76. The van der Waals surface area contributed by atoms with E-state index in [1.165, 1.54) is 26.4 Å². The molecule has 2 aliphatic rings. The van der Waals surface area contributed by atoms with Gasteiger partial charge in [-0.25, -0.2) is 4.79 Å². The molecule has 6 heteroatoms. The molecule has 2 heterocycles. The zero-order chi connectivity index (χ0) is 15.7. The number of ether oxygens (including phenoxy) is 2. The van der Waals surface area contributed by atoms with E-state index in [2.05, 4.69) is 10.00 Å². The SMILES string of the molecule is COC(=O)c1c(C)nn(CN2CCO[C@H]3CCCC[C@@H]32)c1C. The molecule has 3 rings (SSSR count). The third-order valence-electron chi connectivity index (χ3n) is 4.93. The van der Waals surface area contributed by atoms with Crippen molar-refractivity contribution in [2.24, 2.45) is 0 Å². The van der Waals surface area contributed by atoms with Gasteiger partial charge in [-0.05, 0) is 26.7 Å². The van der Waals surface area contributed by atoms with Gasteiger partial charge in [-0.3, -0.25) is 9.58 Å². The second kappa shape index (κ2) is 6.38. The molecule has 122 valence electrons. The first-order valence-electron chi connectivity index (χ1n) is 8.09. The van der Waals surface area contributed by atoms with Crippen molar-refractivity contribution >= 4 is 5.97 Å². The maximum absolute atomic E-state index is 11.9. The number of hydrogen-bond donors (Lipinski definition) is 0. The normalized spacial score (nSPS) is 25.8. The Morgan fingerprint density at radius 3 is 2.91 bits per heavy atom. The van der Waals surface area contributed by atoms with E-state index in [1.807, 2.05) is 18.5 Å². The topological polar surface area (TPSA) is 56.6 Å². The number of rotatable bonds is 3. The molecule has 22 heavy (non-hydrogen) atoms. The standard InChI is InChI=1S/C16H25N3O3/c1-11-15(16(20)21-3)12(2)19(17-11)10-18-8-9-22-14-7-5-4-6-13(14)18/h13-14H,4-10H2,1-3H3/t13-,14-/m0/s1. The van der Waals surface area contributed by atoms with Crippen molar-refractivity contribution in [3.63, 3.8) is 0 Å². The monoisotopic (exact) mass is 307 g/mol. The van der Waals surface area contributed by atoms with Gasteiger partial charge in [0.1, 0.15) is 5.56 Å². The lowest BCUT2D eigenvalue weighted by Gasteiger charge is -2.43. The Balaban J connectivity index is 1.79. The van der Waals surface area contributed by atoms with E-state index in [4.69, 9.17) is 9.47 Å². The molecule has 0 bridgehead atoms. The molecule has 0 spiro atoms. The number of hydrogen-bond acceptors (Lipinski definition) is 5. The average molecular weight is 307 g/mol. The van der Waals surface area contributed by atoms with Crippen molar-refractivity contribution in [3.8, 4) is 0 Å². The molecule has 0 amide bonds. The van der Waals surface area contributed by atoms with Gasteiger partial charge in [-0.2, -0.15) is 5.10 Å². The number of esters is 1. The molecule has 1 aliphatic heterocycles. The second-order valence-electron chi connectivity index (χ2n) is 6.25. The first kappa shape index (κ1) is 15.5. The van der Waals surface area contributed by atoms with Crippen LogP contribution in [0.25, 0.3) is 0 Å². The van der Waals surface area contributed by atoms with E-state index in [0.717, 1.165) is 31.0 Å². The molecule has 2 atom stereocenters. The summed E-state index contributed by atoms with van der Waals surface area (Å²) >= 11 is 0. The molecular formula is C16H25N3O3. The average Bonchev–Trinajstić information content (AvgIpc) is 2.81. The molecule has 0 radical (unpaired) electrons. The quantitative estimate of drug-likeness (QED) is 0.798. The maximum Gasteiger partial charge on any atom is 0.341 e. The van der Waals surface area contributed by atoms with Crippen LogP contribution in [0.1, 0.15) is 47.4 Å². The van der Waals surface area contributed by atoms with Gasteiger partial charge in [-0.15, -0.1) is 0 Å². The zero-order valence-corrected chi connectivity index (χ0v) is 13.7. The highest BCUT2D eigenvalue weighted by molar-refractivity contribution is 5.91. The lowest BCUT2D eigenvalue weighted by Crippen LogP contribution is -2.53. The Morgan fingerprint density at radius 1 is 1.36 bits per heavy atom. The molecule has 6 nitrogen and oxygen atoms in total.